The molecule has 10 atom stereocenters. The largest absolute Gasteiger partial charge is 0.393 e. The van der Waals surface area contributed by atoms with Gasteiger partial charge in [0.1, 0.15) is 0 Å². The fourth-order valence-corrected chi connectivity index (χ4v) is 13.9. The molecule has 0 aliphatic heterocycles. The monoisotopic (exact) mass is 2550 g/mol. The average molecular weight is 2550 g/mol. The Hall–Kier alpha value is -6.50. The van der Waals surface area contributed by atoms with Gasteiger partial charge in [0.15, 0.2) is 0 Å². The van der Waals surface area contributed by atoms with Crippen LogP contribution in [0.25, 0.3) is 83.8 Å². The van der Waals surface area contributed by atoms with E-state index in [1.54, 1.807) is 113 Å². The number of benzene rings is 6. The summed E-state index contributed by atoms with van der Waals surface area (Å²) in [6.07, 6.45) is 6.96. The van der Waals surface area contributed by atoms with E-state index in [-0.39, 0.29) is 149 Å². The van der Waals surface area contributed by atoms with Crippen molar-refractivity contribution >= 4 is 75.6 Å². The number of aromatic nitrogens is 5. The van der Waals surface area contributed by atoms with Crippen LogP contribution in [-0.2, 0) is 101 Å². The minimum absolute atomic E-state index is 0. The molecule has 9 aromatic heterocycles. The maximum atomic E-state index is 9.99. The molecule has 0 saturated carbocycles. The van der Waals surface area contributed by atoms with Gasteiger partial charge < -0.3 is 76.0 Å². The van der Waals surface area contributed by atoms with Gasteiger partial charge in [0.05, 0.1) is 61.0 Å². The van der Waals surface area contributed by atoms with Crippen molar-refractivity contribution in [2.75, 3.05) is 0 Å². The molecule has 10 N–H and O–H groups in total. The second-order valence-corrected chi connectivity index (χ2v) is 30.3. The summed E-state index contributed by atoms with van der Waals surface area (Å²) in [6, 6.07) is 99.3. The summed E-state index contributed by atoms with van der Waals surface area (Å²) < 4.78 is 3.79. The fourth-order valence-electron chi connectivity index (χ4n) is 10.4. The predicted molar refractivity (Wildman–Crippen MR) is 466 cm³/mol. The number of rotatable bonds is 17. The minimum atomic E-state index is -0.633. The predicted octanol–water partition coefficient (Wildman–Crippen LogP) is 19.8. The van der Waals surface area contributed by atoms with E-state index in [9.17, 15) is 10.2 Å². The van der Waals surface area contributed by atoms with Crippen LogP contribution in [0.3, 0.4) is 0 Å². The van der Waals surface area contributed by atoms with E-state index in [1.165, 1.54) is 30.3 Å². The van der Waals surface area contributed by atoms with E-state index in [2.05, 4.69) is 110 Å². The van der Waals surface area contributed by atoms with Gasteiger partial charge in [-0.25, -0.2) is 45.3 Å². The van der Waals surface area contributed by atoms with Gasteiger partial charge in [-0.05, 0) is 163 Å². The number of pyridine rings is 5. The van der Waals surface area contributed by atoms with Crippen molar-refractivity contribution in [3.05, 3.63) is 333 Å². The Bertz CT molecular complexity index is 4360. The Morgan fingerprint density at radius 1 is 0.263 bits per heavy atom. The molecule has 5 radical (unpaired) electrons. The van der Waals surface area contributed by atoms with Gasteiger partial charge in [-0.3, -0.25) is 0 Å². The van der Waals surface area contributed by atoms with E-state index in [1.807, 2.05) is 224 Å². The maximum Gasteiger partial charge on any atom is 0.0818 e. The molecular weight excluding hydrogens is 2450 g/mol. The number of nitrogens with zero attached hydrogens (tertiary/aromatic N) is 5. The molecule has 637 valence electrons. The van der Waals surface area contributed by atoms with Gasteiger partial charge in [0, 0.05) is 155 Å². The van der Waals surface area contributed by atoms with E-state index >= 15 is 0 Å². The van der Waals surface area contributed by atoms with Crippen molar-refractivity contribution < 1.29 is 152 Å². The SMILES string of the molecule is CC(O)CC(C)O.CC(O)CC(C)O.CC(O)CC(C)O.CC(O)CC(C)O.OC(CC(O)c1ccccc1)c1ccccc1.[Ir].[Ir].[Ir].[Ir].[Ir].[c-]1c(-c2ccccn2)sc2ccccc12.[c-]1c(-c2ccccn2)sc2ccccc12.[c-]1c(-c2ccccn2)sc2ccccc12.[c-]1ccccc1-c1ccccn1.[c-]1ccsc1-c1ccccn1. The van der Waals surface area contributed by atoms with Gasteiger partial charge in [0.2, 0.25) is 0 Å². The van der Waals surface area contributed by atoms with Crippen molar-refractivity contribution in [3.63, 3.8) is 0 Å². The second kappa shape index (κ2) is 63.5. The third-order valence-electron chi connectivity index (χ3n) is 15.3. The van der Waals surface area contributed by atoms with Gasteiger partial charge in [-0.2, -0.15) is 12.1 Å². The van der Waals surface area contributed by atoms with E-state index < -0.39 is 12.2 Å². The molecular formula is C94H102Ir5N5O10S4-5. The number of hydrogen-bond donors (Lipinski definition) is 10. The van der Waals surface area contributed by atoms with Crippen LogP contribution >= 0.6 is 45.3 Å². The molecule has 0 aliphatic carbocycles. The van der Waals surface area contributed by atoms with Crippen LogP contribution in [0.5, 0.6) is 0 Å². The molecule has 15 nitrogen and oxygen atoms in total. The molecule has 118 heavy (non-hydrogen) atoms. The second-order valence-electron chi connectivity index (χ2n) is 26.2. The molecule has 0 bridgehead atoms. The van der Waals surface area contributed by atoms with Crippen molar-refractivity contribution in [2.24, 2.45) is 0 Å². The molecule has 10 unspecified atom stereocenters. The van der Waals surface area contributed by atoms with Crippen molar-refractivity contribution in [1.82, 2.24) is 24.9 Å². The van der Waals surface area contributed by atoms with E-state index in [0.717, 1.165) is 64.7 Å². The van der Waals surface area contributed by atoms with E-state index in [0.29, 0.717) is 32.1 Å². The molecule has 24 heteroatoms. The number of fused-ring (bicyclic) bond motifs is 3. The molecule has 15 rings (SSSR count). The summed E-state index contributed by atoms with van der Waals surface area (Å²) >= 11 is 6.85. The number of hydrogen-bond acceptors (Lipinski definition) is 19. The zero-order chi connectivity index (χ0) is 81.5. The summed E-state index contributed by atoms with van der Waals surface area (Å²) in [5.41, 5.74) is 7.68. The fraction of sp³-hybridized carbons (Fsp3) is 0.245. The molecule has 0 aliphatic rings. The van der Waals surface area contributed by atoms with Gasteiger partial charge in [0.25, 0.3) is 0 Å². The molecule has 0 spiro atoms. The summed E-state index contributed by atoms with van der Waals surface area (Å²) in [6.45, 7) is 13.3. The summed E-state index contributed by atoms with van der Waals surface area (Å²) in [4.78, 5) is 25.8. The minimum Gasteiger partial charge on any atom is -0.393 e. The Balaban J connectivity index is 0.000000663. The van der Waals surface area contributed by atoms with Crippen LogP contribution in [0.4, 0.5) is 0 Å². The van der Waals surface area contributed by atoms with Crippen molar-refractivity contribution in [2.45, 2.75) is 149 Å². The summed E-state index contributed by atoms with van der Waals surface area (Å²) in [5, 5.41) is 94.0. The normalized spacial score (nSPS) is 12.5. The number of aliphatic hydroxyl groups is 10. The third kappa shape index (κ3) is 44.9. The smallest absolute Gasteiger partial charge is 0.0818 e. The Kier molecular flexibility index (Phi) is 58.9. The zero-order valence-corrected chi connectivity index (χ0v) is 81.8. The molecule has 9 heterocycles. The maximum absolute atomic E-state index is 9.99. The van der Waals surface area contributed by atoms with Crippen LogP contribution in [-0.4, -0.2) is 125 Å². The third-order valence-corrected chi connectivity index (χ3v) is 19.4. The van der Waals surface area contributed by atoms with Crippen LogP contribution in [0.1, 0.15) is 111 Å². The first-order valence-corrected chi connectivity index (χ1v) is 40.5. The number of aliphatic hydroxyl groups excluding tert-OH is 10. The first-order valence-electron chi connectivity index (χ1n) is 37.1. The molecule has 15 aromatic rings. The van der Waals surface area contributed by atoms with Gasteiger partial charge in [-0.15, -0.1) is 112 Å². The molecule has 6 aromatic carbocycles. The van der Waals surface area contributed by atoms with Gasteiger partial charge in [-0.1, -0.05) is 163 Å². The first kappa shape index (κ1) is 110. The van der Waals surface area contributed by atoms with E-state index in [4.69, 9.17) is 40.9 Å². The first-order chi connectivity index (χ1) is 54.5. The van der Waals surface area contributed by atoms with Crippen LogP contribution < -0.4 is 0 Å². The Labute approximate surface area is 779 Å². The van der Waals surface area contributed by atoms with Crippen molar-refractivity contribution in [3.8, 4) is 53.5 Å². The van der Waals surface area contributed by atoms with Crippen LogP contribution in [0, 0.1) is 30.3 Å². The molecule has 0 fully saturated rings. The summed E-state index contributed by atoms with van der Waals surface area (Å²) in [7, 11) is 0. The molecule has 0 amide bonds. The van der Waals surface area contributed by atoms with Gasteiger partial charge >= 0.3 is 0 Å². The average Bonchev–Trinajstić information content (AvgIpc) is 1.69. The molecule has 0 saturated heterocycles. The zero-order valence-electron chi connectivity index (χ0n) is 66.5. The van der Waals surface area contributed by atoms with Crippen LogP contribution in [0.15, 0.2) is 291 Å². The Morgan fingerprint density at radius 2 is 0.525 bits per heavy atom. The van der Waals surface area contributed by atoms with Crippen LogP contribution in [0.2, 0.25) is 0 Å². The van der Waals surface area contributed by atoms with Crippen molar-refractivity contribution in [1.29, 1.82) is 0 Å². The quantitative estimate of drug-likeness (QED) is 0.0380. The number of thiophene rings is 4. The summed E-state index contributed by atoms with van der Waals surface area (Å²) in [5.74, 6) is 0. The standard InChI is InChI=1S/C15H16O2.3C13H8NS.C11H8N.C9H6NS.4C5H12O2.5Ir/c16-14(12-7-3-1-4-8-12)11-15(17)13-9-5-2-6-10-13;3*1-2-7-12-10(5-1)9-13(15-12)11-6-3-4-8-14-11;1-2-6-10(7-3-1)11-8-4-5-9-12-11;1-2-6-10-8(4-1)9-5-3-7-11-9;4*1-4(6)3-5(2)7;;;;;/h1-10,14-17H,11H2;3*1-8H;1-6,8-9H;1-4,6-7H;4*4-7H,3H2,1-2H3;;;;;/q;5*-1;;;;;;;;;. The topological polar surface area (TPSA) is 267 Å². The Morgan fingerprint density at radius 3 is 0.763 bits per heavy atom.